The van der Waals surface area contributed by atoms with Crippen molar-refractivity contribution in [2.24, 2.45) is 5.92 Å². The van der Waals surface area contributed by atoms with Crippen molar-refractivity contribution in [3.63, 3.8) is 0 Å². The Bertz CT molecular complexity index is 334. The first-order chi connectivity index (χ1) is 7.11. The van der Waals surface area contributed by atoms with Crippen molar-refractivity contribution in [2.45, 2.75) is 13.8 Å². The molecule has 0 atom stereocenters. The van der Waals surface area contributed by atoms with Crippen molar-refractivity contribution < 1.29 is 9.53 Å². The Hall–Kier alpha value is -0.860. The molecule has 0 amide bonds. The van der Waals surface area contributed by atoms with Crippen LogP contribution in [-0.2, 0) is 4.74 Å². The van der Waals surface area contributed by atoms with Gasteiger partial charge in [0.1, 0.15) is 6.61 Å². The van der Waals surface area contributed by atoms with Gasteiger partial charge >= 0.3 is 0 Å². The van der Waals surface area contributed by atoms with Gasteiger partial charge in [0, 0.05) is 12.2 Å². The van der Waals surface area contributed by atoms with Gasteiger partial charge in [0.2, 0.25) is 0 Å². The first-order valence-corrected chi connectivity index (χ1v) is 5.34. The maximum atomic E-state index is 11.6. The summed E-state index contributed by atoms with van der Waals surface area (Å²) in [6.45, 7) is 4.78. The lowest BCUT2D eigenvalue weighted by Gasteiger charge is -2.06. The van der Waals surface area contributed by atoms with E-state index in [-0.39, 0.29) is 12.4 Å². The van der Waals surface area contributed by atoms with Crippen LogP contribution in [0, 0.1) is 5.92 Å². The molecule has 0 aromatic heterocycles. The molecule has 3 heteroatoms. The van der Waals surface area contributed by atoms with Crippen LogP contribution in [0.4, 0.5) is 0 Å². The summed E-state index contributed by atoms with van der Waals surface area (Å²) in [5, 5.41) is 0.482. The normalized spacial score (nSPS) is 10.7. The largest absolute Gasteiger partial charge is 0.373 e. The summed E-state index contributed by atoms with van der Waals surface area (Å²) in [5.74, 6) is 0.366. The van der Waals surface area contributed by atoms with E-state index in [2.05, 4.69) is 0 Å². The molecule has 0 aliphatic heterocycles. The predicted octanol–water partition coefficient (Wildman–Crippen LogP) is 3.20. The van der Waals surface area contributed by atoms with E-state index in [0.29, 0.717) is 23.1 Å². The lowest BCUT2D eigenvalue weighted by atomic mass is 10.1. The molecular formula is C12H15ClO2. The van der Waals surface area contributed by atoms with Gasteiger partial charge in [0.15, 0.2) is 5.78 Å². The van der Waals surface area contributed by atoms with E-state index in [1.165, 1.54) is 0 Å². The minimum absolute atomic E-state index is 0.0683. The monoisotopic (exact) mass is 226 g/mol. The molecular weight excluding hydrogens is 212 g/mol. The molecule has 0 N–H and O–H groups in total. The number of benzene rings is 1. The van der Waals surface area contributed by atoms with Crippen LogP contribution in [0.3, 0.4) is 0 Å². The quantitative estimate of drug-likeness (QED) is 0.721. The summed E-state index contributed by atoms with van der Waals surface area (Å²) in [6.07, 6.45) is 0. The number of ketones is 1. The highest BCUT2D eigenvalue weighted by Crippen LogP contribution is 2.15. The predicted molar refractivity (Wildman–Crippen MR) is 61.4 cm³/mol. The van der Waals surface area contributed by atoms with Crippen LogP contribution in [0.25, 0.3) is 0 Å². The third kappa shape index (κ3) is 4.02. The zero-order valence-electron chi connectivity index (χ0n) is 9.00. The molecule has 15 heavy (non-hydrogen) atoms. The van der Waals surface area contributed by atoms with Gasteiger partial charge < -0.3 is 4.74 Å². The van der Waals surface area contributed by atoms with E-state index in [9.17, 15) is 4.79 Å². The van der Waals surface area contributed by atoms with Gasteiger partial charge in [-0.1, -0.05) is 37.6 Å². The van der Waals surface area contributed by atoms with E-state index in [1.54, 1.807) is 24.3 Å². The Balaban J connectivity index is 2.51. The van der Waals surface area contributed by atoms with Gasteiger partial charge in [-0.2, -0.15) is 0 Å². The zero-order chi connectivity index (χ0) is 11.3. The molecule has 1 aromatic rings. The Kier molecular flexibility index (Phi) is 4.79. The molecule has 0 saturated heterocycles. The van der Waals surface area contributed by atoms with Crippen LogP contribution in [0.1, 0.15) is 24.2 Å². The Morgan fingerprint density at radius 3 is 2.67 bits per heavy atom. The van der Waals surface area contributed by atoms with Crippen molar-refractivity contribution in [3.8, 4) is 0 Å². The van der Waals surface area contributed by atoms with Gasteiger partial charge in [-0.15, -0.1) is 0 Å². The van der Waals surface area contributed by atoms with E-state index < -0.39 is 0 Å². The minimum atomic E-state index is -0.0683. The molecule has 0 heterocycles. The highest BCUT2D eigenvalue weighted by molar-refractivity contribution is 6.34. The number of carbonyl (C=O) groups is 1. The fraction of sp³-hybridized carbons (Fsp3) is 0.417. The van der Waals surface area contributed by atoms with Gasteiger partial charge in [0.25, 0.3) is 0 Å². The summed E-state index contributed by atoms with van der Waals surface area (Å²) in [6, 6.07) is 7.01. The van der Waals surface area contributed by atoms with Crippen LogP contribution in [-0.4, -0.2) is 19.0 Å². The average molecular weight is 227 g/mol. The topological polar surface area (TPSA) is 26.3 Å². The van der Waals surface area contributed by atoms with Crippen LogP contribution in [0.2, 0.25) is 5.02 Å². The van der Waals surface area contributed by atoms with E-state index >= 15 is 0 Å². The molecule has 2 nitrogen and oxygen atoms in total. The number of ether oxygens (including phenoxy) is 1. The molecule has 0 aliphatic rings. The summed E-state index contributed by atoms with van der Waals surface area (Å²) in [4.78, 5) is 11.6. The van der Waals surface area contributed by atoms with Crippen LogP contribution in [0.5, 0.6) is 0 Å². The summed E-state index contributed by atoms with van der Waals surface area (Å²) < 4.78 is 5.26. The molecule has 1 aromatic carbocycles. The number of hydrogen-bond donors (Lipinski definition) is 0. The smallest absolute Gasteiger partial charge is 0.189 e. The van der Waals surface area contributed by atoms with E-state index in [4.69, 9.17) is 16.3 Å². The van der Waals surface area contributed by atoms with Crippen molar-refractivity contribution in [3.05, 3.63) is 34.9 Å². The second kappa shape index (κ2) is 5.89. The van der Waals surface area contributed by atoms with Crippen LogP contribution < -0.4 is 0 Å². The molecule has 82 valence electrons. The molecule has 1 rings (SSSR count). The SMILES string of the molecule is CC(C)COCC(=O)c1ccccc1Cl. The Morgan fingerprint density at radius 2 is 2.07 bits per heavy atom. The Morgan fingerprint density at radius 1 is 1.40 bits per heavy atom. The highest BCUT2D eigenvalue weighted by Gasteiger charge is 2.09. The molecule has 0 radical (unpaired) electrons. The molecule has 0 saturated carbocycles. The first-order valence-electron chi connectivity index (χ1n) is 4.96. The van der Waals surface area contributed by atoms with Crippen LogP contribution >= 0.6 is 11.6 Å². The summed E-state index contributed by atoms with van der Waals surface area (Å²) in [5.41, 5.74) is 0.530. The number of rotatable bonds is 5. The lowest BCUT2D eigenvalue weighted by Crippen LogP contribution is -2.12. The number of carbonyl (C=O) groups excluding carboxylic acids is 1. The zero-order valence-corrected chi connectivity index (χ0v) is 9.75. The standard InChI is InChI=1S/C12H15ClO2/c1-9(2)7-15-8-12(14)10-5-3-4-6-11(10)13/h3-6,9H,7-8H2,1-2H3. The van der Waals surface area contributed by atoms with Gasteiger partial charge in [-0.3, -0.25) is 4.79 Å². The fourth-order valence-corrected chi connectivity index (χ4v) is 1.39. The summed E-state index contributed by atoms with van der Waals surface area (Å²) >= 11 is 5.88. The van der Waals surface area contributed by atoms with Gasteiger partial charge in [-0.25, -0.2) is 0 Å². The average Bonchev–Trinajstić information content (AvgIpc) is 2.17. The summed E-state index contributed by atoms with van der Waals surface area (Å²) in [7, 11) is 0. The van der Waals surface area contributed by atoms with Crippen molar-refractivity contribution >= 4 is 17.4 Å². The second-order valence-corrected chi connectivity index (χ2v) is 4.22. The molecule has 0 spiro atoms. The van der Waals surface area contributed by atoms with Crippen LogP contribution in [0.15, 0.2) is 24.3 Å². The van der Waals surface area contributed by atoms with Gasteiger partial charge in [0.05, 0.1) is 5.02 Å². The fourth-order valence-electron chi connectivity index (χ4n) is 1.15. The first kappa shape index (κ1) is 12.2. The molecule has 0 unspecified atom stereocenters. The third-order valence-electron chi connectivity index (χ3n) is 1.86. The lowest BCUT2D eigenvalue weighted by molar-refractivity contribution is 0.0706. The van der Waals surface area contributed by atoms with E-state index in [0.717, 1.165) is 0 Å². The maximum Gasteiger partial charge on any atom is 0.189 e. The number of halogens is 1. The van der Waals surface area contributed by atoms with Gasteiger partial charge in [-0.05, 0) is 18.1 Å². The molecule has 0 bridgehead atoms. The van der Waals surface area contributed by atoms with Crippen molar-refractivity contribution in [1.82, 2.24) is 0 Å². The second-order valence-electron chi connectivity index (χ2n) is 3.81. The third-order valence-corrected chi connectivity index (χ3v) is 2.19. The molecule has 0 fully saturated rings. The number of hydrogen-bond acceptors (Lipinski definition) is 2. The van der Waals surface area contributed by atoms with Crippen molar-refractivity contribution in [1.29, 1.82) is 0 Å². The number of Topliss-reactive ketones (excluding diaryl/α,β-unsaturated/α-hetero) is 1. The maximum absolute atomic E-state index is 11.6. The minimum Gasteiger partial charge on any atom is -0.373 e. The van der Waals surface area contributed by atoms with E-state index in [1.807, 2.05) is 13.8 Å². The highest BCUT2D eigenvalue weighted by atomic mass is 35.5. The van der Waals surface area contributed by atoms with Crippen molar-refractivity contribution in [2.75, 3.05) is 13.2 Å². The Labute approximate surface area is 95.2 Å². The molecule has 0 aliphatic carbocycles.